The maximum Gasteiger partial charge on any atom is 0.111 e. The molecule has 0 spiro atoms. The Morgan fingerprint density at radius 2 is 1.23 bits per heavy atom. The largest absolute Gasteiger partial charge is 0.205 e. The molecule has 2 nitrogen and oxygen atoms in total. The molecular weight excluding hydrogens is 316 g/mol. The molecule has 132 valence electrons. The average molecular weight is 343 g/mol. The molecule has 3 rings (SSSR count). The number of hydrogen-bond acceptors (Lipinski definition) is 1. The highest BCUT2D eigenvalue weighted by molar-refractivity contribution is 6.05. The number of hydrogen-bond donors (Lipinski definition) is 0. The third-order valence-corrected chi connectivity index (χ3v) is 4.29. The van der Waals surface area contributed by atoms with Crippen molar-refractivity contribution in [3.05, 3.63) is 108 Å². The van der Waals surface area contributed by atoms with E-state index >= 15 is 0 Å². The molecule has 3 aromatic rings. The molecule has 26 heavy (non-hydrogen) atoms. The Kier molecular flexibility index (Phi) is 5.65. The summed E-state index contributed by atoms with van der Waals surface area (Å²) in [6, 6.07) is 32.0. The average Bonchev–Trinajstić information content (AvgIpc) is 2.66. The smallest absolute Gasteiger partial charge is 0.111 e. The third-order valence-electron chi connectivity index (χ3n) is 4.29. The molecule has 0 bridgehead atoms. The van der Waals surface area contributed by atoms with Crippen LogP contribution in [0.1, 0.15) is 22.6 Å². The zero-order chi connectivity index (χ0) is 18.4. The van der Waals surface area contributed by atoms with Crippen LogP contribution in [0.5, 0.6) is 0 Å². The minimum Gasteiger partial charge on any atom is -0.205 e. The van der Waals surface area contributed by atoms with Crippen LogP contribution in [0.2, 0.25) is 0 Å². The first-order valence-electron chi connectivity index (χ1n) is 9.09. The lowest BCUT2D eigenvalue weighted by molar-refractivity contribution is -0.877. The highest BCUT2D eigenvalue weighted by atomic mass is 15.6. The normalized spacial score (nSPS) is 13.4. The first kappa shape index (κ1) is 18.1. The van der Waals surface area contributed by atoms with Gasteiger partial charge in [0.15, 0.2) is 0 Å². The summed E-state index contributed by atoms with van der Waals surface area (Å²) in [6.45, 7) is 0. The van der Waals surface area contributed by atoms with Gasteiger partial charge in [-0.15, -0.1) is 0 Å². The van der Waals surface area contributed by atoms with Crippen LogP contribution in [0.3, 0.4) is 0 Å². The van der Waals surface area contributed by atoms with Crippen molar-refractivity contribution in [3.8, 4) is 0 Å². The highest BCUT2D eigenvalue weighted by Crippen LogP contribution is 2.27. The van der Waals surface area contributed by atoms with Crippen LogP contribution in [0.4, 0.5) is 0 Å². The maximum absolute atomic E-state index is 5.11. The van der Waals surface area contributed by atoms with Crippen LogP contribution in [0.25, 0.3) is 0 Å². The standard InChI is InChI=1S/C24H27N2/c1-26(2,3)25-24(22-17-11-6-12-18-22)23(21-15-9-5-10-16-21)19-20-13-7-4-8-14-20/h4-18,23H,19H2,1-3H3/q+1/b25-24+. The van der Waals surface area contributed by atoms with E-state index in [2.05, 4.69) is 112 Å². The Balaban J connectivity index is 2.11. The van der Waals surface area contributed by atoms with Gasteiger partial charge in [0.1, 0.15) is 5.71 Å². The third kappa shape index (κ3) is 4.90. The van der Waals surface area contributed by atoms with Gasteiger partial charge in [-0.1, -0.05) is 96.1 Å². The first-order valence-corrected chi connectivity index (χ1v) is 9.09. The first-order chi connectivity index (χ1) is 12.5. The Morgan fingerprint density at radius 3 is 1.77 bits per heavy atom. The summed E-state index contributed by atoms with van der Waals surface area (Å²) >= 11 is 0. The Labute approximate surface area is 157 Å². The van der Waals surface area contributed by atoms with E-state index in [1.54, 1.807) is 0 Å². The number of rotatable bonds is 6. The second-order valence-electron chi connectivity index (χ2n) is 7.45. The van der Waals surface area contributed by atoms with Crippen molar-refractivity contribution in [2.45, 2.75) is 12.3 Å². The van der Waals surface area contributed by atoms with Crippen molar-refractivity contribution in [2.24, 2.45) is 5.10 Å². The summed E-state index contributed by atoms with van der Waals surface area (Å²) in [5, 5.41) is 5.11. The summed E-state index contributed by atoms with van der Waals surface area (Å²) in [5.74, 6) is 0.207. The van der Waals surface area contributed by atoms with Gasteiger partial charge in [-0.05, 0) is 17.5 Å². The van der Waals surface area contributed by atoms with Crippen LogP contribution in [-0.4, -0.2) is 31.4 Å². The van der Waals surface area contributed by atoms with Crippen molar-refractivity contribution in [2.75, 3.05) is 21.1 Å². The predicted octanol–water partition coefficient (Wildman–Crippen LogP) is 5.12. The van der Waals surface area contributed by atoms with E-state index in [1.165, 1.54) is 16.7 Å². The highest BCUT2D eigenvalue weighted by Gasteiger charge is 2.24. The fraction of sp³-hybridized carbons (Fsp3) is 0.208. The maximum atomic E-state index is 5.11. The molecule has 0 fully saturated rings. The van der Waals surface area contributed by atoms with Crippen LogP contribution in [0.15, 0.2) is 96.1 Å². The molecule has 0 amide bonds. The molecule has 0 aromatic heterocycles. The quantitative estimate of drug-likeness (QED) is 0.334. The fourth-order valence-corrected chi connectivity index (χ4v) is 3.17. The molecule has 0 saturated carbocycles. The van der Waals surface area contributed by atoms with Gasteiger partial charge >= 0.3 is 0 Å². The summed E-state index contributed by atoms with van der Waals surface area (Å²) in [7, 11) is 6.31. The van der Waals surface area contributed by atoms with Crippen LogP contribution in [0, 0.1) is 0 Å². The Bertz CT molecular complexity index is 832. The van der Waals surface area contributed by atoms with E-state index < -0.39 is 0 Å². The predicted molar refractivity (Wildman–Crippen MR) is 110 cm³/mol. The lowest BCUT2D eigenvalue weighted by atomic mass is 9.85. The van der Waals surface area contributed by atoms with Crippen molar-refractivity contribution in [1.82, 2.24) is 0 Å². The molecular formula is C24H27N2+. The van der Waals surface area contributed by atoms with Gasteiger partial charge in [-0.25, -0.2) is 4.59 Å². The number of quaternary nitrogens is 1. The van der Waals surface area contributed by atoms with Gasteiger partial charge in [-0.3, -0.25) is 0 Å². The van der Waals surface area contributed by atoms with Crippen LogP contribution >= 0.6 is 0 Å². The van der Waals surface area contributed by atoms with Crippen molar-refractivity contribution in [3.63, 3.8) is 0 Å². The Hall–Kier alpha value is -2.71. The summed E-state index contributed by atoms with van der Waals surface area (Å²) < 4.78 is 0.544. The Morgan fingerprint density at radius 1 is 0.731 bits per heavy atom. The molecule has 0 aliphatic rings. The summed E-state index contributed by atoms with van der Waals surface area (Å²) in [5.41, 5.74) is 4.94. The molecule has 1 unspecified atom stereocenters. The van der Waals surface area contributed by atoms with Crippen LogP contribution in [-0.2, 0) is 6.42 Å². The van der Waals surface area contributed by atoms with E-state index in [1.807, 2.05) is 0 Å². The van der Waals surface area contributed by atoms with Gasteiger partial charge in [0.2, 0.25) is 0 Å². The van der Waals surface area contributed by atoms with Crippen molar-refractivity contribution < 1.29 is 4.59 Å². The summed E-state index contributed by atoms with van der Waals surface area (Å²) in [6.07, 6.45) is 0.929. The molecule has 2 heteroatoms. The van der Waals surface area contributed by atoms with E-state index in [0.29, 0.717) is 4.59 Å². The molecule has 0 radical (unpaired) electrons. The lowest BCUT2D eigenvalue weighted by Crippen LogP contribution is -2.31. The molecule has 0 heterocycles. The SMILES string of the molecule is C[N+](C)(C)/N=C(\c1ccccc1)C(Cc1ccccc1)c1ccccc1. The second kappa shape index (κ2) is 8.11. The topological polar surface area (TPSA) is 12.4 Å². The van der Waals surface area contributed by atoms with Crippen LogP contribution < -0.4 is 0 Å². The van der Waals surface area contributed by atoms with Crippen molar-refractivity contribution >= 4 is 5.71 Å². The van der Waals surface area contributed by atoms with E-state index in [9.17, 15) is 0 Å². The lowest BCUT2D eigenvalue weighted by Gasteiger charge is -2.24. The second-order valence-corrected chi connectivity index (χ2v) is 7.45. The fourth-order valence-electron chi connectivity index (χ4n) is 3.17. The molecule has 0 aliphatic carbocycles. The molecule has 0 N–H and O–H groups in total. The van der Waals surface area contributed by atoms with Gasteiger partial charge in [0.05, 0.1) is 21.1 Å². The van der Waals surface area contributed by atoms with Crippen molar-refractivity contribution in [1.29, 1.82) is 0 Å². The molecule has 0 aliphatic heterocycles. The number of nitrogens with zero attached hydrogens (tertiary/aromatic N) is 2. The van der Waals surface area contributed by atoms with E-state index in [0.717, 1.165) is 12.1 Å². The minimum absolute atomic E-state index is 0.207. The number of benzene rings is 3. The minimum atomic E-state index is 0.207. The molecule has 1 atom stereocenters. The van der Waals surface area contributed by atoms with E-state index in [4.69, 9.17) is 5.10 Å². The summed E-state index contributed by atoms with van der Waals surface area (Å²) in [4.78, 5) is 0. The van der Waals surface area contributed by atoms with Gasteiger partial charge < -0.3 is 0 Å². The van der Waals surface area contributed by atoms with Gasteiger partial charge in [0.25, 0.3) is 0 Å². The molecule has 0 saturated heterocycles. The monoisotopic (exact) mass is 343 g/mol. The zero-order valence-corrected chi connectivity index (χ0v) is 15.8. The van der Waals surface area contributed by atoms with E-state index in [-0.39, 0.29) is 5.92 Å². The zero-order valence-electron chi connectivity index (χ0n) is 15.8. The molecule has 3 aromatic carbocycles. The van der Waals surface area contributed by atoms with Gasteiger partial charge in [-0.2, -0.15) is 0 Å². The van der Waals surface area contributed by atoms with Gasteiger partial charge in [0, 0.05) is 11.5 Å².